The molecule has 0 aromatic heterocycles. The van der Waals surface area contributed by atoms with Crippen LogP contribution in [0.1, 0.15) is 33.6 Å². The maximum atomic E-state index is 12.2. The number of amides is 2. The van der Waals surface area contributed by atoms with Crippen LogP contribution in [-0.4, -0.2) is 78.7 Å². The minimum absolute atomic E-state index is 0.168. The average molecular weight is 346 g/mol. The van der Waals surface area contributed by atoms with E-state index in [1.807, 2.05) is 32.7 Å². The summed E-state index contributed by atoms with van der Waals surface area (Å²) < 4.78 is 5.15. The number of nitrogens with one attached hydrogen (secondary N) is 1. The van der Waals surface area contributed by atoms with Crippen molar-refractivity contribution in [3.63, 3.8) is 0 Å². The van der Waals surface area contributed by atoms with Gasteiger partial charge in [-0.1, -0.05) is 0 Å². The number of carbonyl (C=O) groups excluding carboxylic acids is 2. The second-order valence-electron chi connectivity index (χ2n) is 7.02. The number of rotatable bonds is 6. The van der Waals surface area contributed by atoms with Crippen molar-refractivity contribution in [2.24, 2.45) is 0 Å². The van der Waals surface area contributed by atoms with Gasteiger partial charge in [-0.3, -0.25) is 4.79 Å². The zero-order chi connectivity index (χ0) is 17.5. The zero-order valence-electron chi connectivity index (χ0n) is 15.1. The molecule has 0 aromatic rings. The van der Waals surface area contributed by atoms with Crippen LogP contribution in [0.15, 0.2) is 0 Å². The highest BCUT2D eigenvalue weighted by atomic mass is 32.2. The van der Waals surface area contributed by atoms with E-state index < -0.39 is 11.7 Å². The van der Waals surface area contributed by atoms with Gasteiger partial charge in [-0.05, 0) is 53.8 Å². The second kappa shape index (κ2) is 9.37. The topological polar surface area (TPSA) is 61.9 Å². The van der Waals surface area contributed by atoms with E-state index in [2.05, 4.69) is 17.3 Å². The van der Waals surface area contributed by atoms with Crippen LogP contribution in [0.25, 0.3) is 0 Å². The first kappa shape index (κ1) is 20.1. The van der Waals surface area contributed by atoms with E-state index in [9.17, 15) is 9.59 Å². The number of hydrogen-bond acceptors (Lipinski definition) is 5. The maximum Gasteiger partial charge on any atom is 0.407 e. The van der Waals surface area contributed by atoms with Gasteiger partial charge in [0, 0.05) is 25.4 Å². The summed E-state index contributed by atoms with van der Waals surface area (Å²) in [6, 6.07) is 0.360. The second-order valence-corrected chi connectivity index (χ2v) is 8.13. The first-order chi connectivity index (χ1) is 10.7. The molecule has 0 aromatic carbocycles. The largest absolute Gasteiger partial charge is 0.444 e. The monoisotopic (exact) mass is 345 g/mol. The molecular formula is C16H31N3O3S. The predicted molar refractivity (Wildman–Crippen MR) is 94.9 cm³/mol. The molecule has 2 amide bonds. The van der Waals surface area contributed by atoms with Gasteiger partial charge in [-0.2, -0.15) is 11.8 Å². The van der Waals surface area contributed by atoms with Gasteiger partial charge in [-0.25, -0.2) is 4.79 Å². The summed E-state index contributed by atoms with van der Waals surface area (Å²) in [6.45, 7) is 8.10. The Labute approximate surface area is 144 Å². The van der Waals surface area contributed by atoms with E-state index >= 15 is 0 Å². The maximum absolute atomic E-state index is 12.2. The van der Waals surface area contributed by atoms with Gasteiger partial charge in [0.05, 0.1) is 5.75 Å². The molecule has 1 heterocycles. The van der Waals surface area contributed by atoms with Crippen molar-refractivity contribution in [1.29, 1.82) is 0 Å². The standard InChI is InChI=1S/C16H31N3O3S/c1-16(2,3)22-15(21)17-8-11-23-12-14(20)19(5)13-6-9-18(4)10-7-13/h13H,6-12H2,1-5H3,(H,17,21). The Kier molecular flexibility index (Phi) is 8.19. The molecule has 0 aliphatic carbocycles. The Balaban J connectivity index is 2.13. The summed E-state index contributed by atoms with van der Waals surface area (Å²) >= 11 is 1.54. The van der Waals surface area contributed by atoms with Gasteiger partial charge in [0.1, 0.15) is 5.60 Å². The summed E-state index contributed by atoms with van der Waals surface area (Å²) in [6.07, 6.45) is 1.68. The van der Waals surface area contributed by atoms with Crippen molar-refractivity contribution in [1.82, 2.24) is 15.1 Å². The third kappa shape index (κ3) is 8.46. The van der Waals surface area contributed by atoms with Crippen molar-refractivity contribution >= 4 is 23.8 Å². The molecule has 0 saturated carbocycles. The molecule has 1 N–H and O–H groups in total. The van der Waals surface area contributed by atoms with E-state index in [0.717, 1.165) is 25.9 Å². The van der Waals surface area contributed by atoms with Gasteiger partial charge >= 0.3 is 6.09 Å². The average Bonchev–Trinajstić information content (AvgIpc) is 2.45. The summed E-state index contributed by atoms with van der Waals surface area (Å²) in [4.78, 5) is 27.9. The minimum Gasteiger partial charge on any atom is -0.444 e. The van der Waals surface area contributed by atoms with E-state index in [1.54, 1.807) is 11.8 Å². The van der Waals surface area contributed by atoms with Crippen molar-refractivity contribution in [3.8, 4) is 0 Å². The van der Waals surface area contributed by atoms with E-state index in [-0.39, 0.29) is 5.91 Å². The highest BCUT2D eigenvalue weighted by Gasteiger charge is 2.23. The molecule has 1 fully saturated rings. The zero-order valence-corrected chi connectivity index (χ0v) is 15.9. The highest BCUT2D eigenvalue weighted by molar-refractivity contribution is 7.99. The van der Waals surface area contributed by atoms with Gasteiger partial charge in [-0.15, -0.1) is 0 Å². The van der Waals surface area contributed by atoms with Crippen LogP contribution < -0.4 is 5.32 Å². The van der Waals surface area contributed by atoms with Crippen LogP contribution in [0.2, 0.25) is 0 Å². The summed E-state index contributed by atoms with van der Waals surface area (Å²) in [7, 11) is 4.02. The smallest absolute Gasteiger partial charge is 0.407 e. The van der Waals surface area contributed by atoms with Crippen LogP contribution in [0.3, 0.4) is 0 Å². The fraction of sp³-hybridized carbons (Fsp3) is 0.875. The third-order valence-electron chi connectivity index (χ3n) is 3.77. The summed E-state index contributed by atoms with van der Waals surface area (Å²) in [5, 5.41) is 2.70. The van der Waals surface area contributed by atoms with Crippen molar-refractivity contribution in [3.05, 3.63) is 0 Å². The number of ether oxygens (including phenoxy) is 1. The quantitative estimate of drug-likeness (QED) is 0.744. The van der Waals surface area contributed by atoms with E-state index in [0.29, 0.717) is 24.1 Å². The molecule has 1 aliphatic heterocycles. The first-order valence-corrected chi connectivity index (χ1v) is 9.33. The number of thioether (sulfide) groups is 1. The summed E-state index contributed by atoms with van der Waals surface area (Å²) in [5.41, 5.74) is -0.482. The molecule has 1 rings (SSSR count). The molecule has 0 unspecified atom stereocenters. The number of hydrogen-bond donors (Lipinski definition) is 1. The minimum atomic E-state index is -0.482. The lowest BCUT2D eigenvalue weighted by Crippen LogP contribution is -2.45. The molecule has 134 valence electrons. The Morgan fingerprint density at radius 1 is 1.30 bits per heavy atom. The molecule has 0 spiro atoms. The Hall–Kier alpha value is -0.950. The van der Waals surface area contributed by atoms with Gasteiger partial charge in [0.2, 0.25) is 5.91 Å². The predicted octanol–water partition coefficient (Wildman–Crippen LogP) is 1.80. The van der Waals surface area contributed by atoms with Crippen LogP contribution in [-0.2, 0) is 9.53 Å². The van der Waals surface area contributed by atoms with Crippen molar-refractivity contribution in [2.45, 2.75) is 45.3 Å². The molecule has 23 heavy (non-hydrogen) atoms. The molecule has 6 nitrogen and oxygen atoms in total. The molecule has 0 bridgehead atoms. The van der Waals surface area contributed by atoms with Crippen LogP contribution in [0, 0.1) is 0 Å². The van der Waals surface area contributed by atoms with Crippen LogP contribution >= 0.6 is 11.8 Å². The number of alkyl carbamates (subject to hydrolysis) is 1. The van der Waals surface area contributed by atoms with Gasteiger partial charge in [0.25, 0.3) is 0 Å². The van der Waals surface area contributed by atoms with E-state index in [4.69, 9.17) is 4.74 Å². The summed E-state index contributed by atoms with van der Waals surface area (Å²) in [5.74, 6) is 1.33. The fourth-order valence-corrected chi connectivity index (χ4v) is 3.16. The van der Waals surface area contributed by atoms with Gasteiger partial charge < -0.3 is 19.9 Å². The SMILES string of the molecule is CN1CCC(N(C)C(=O)CSCCNC(=O)OC(C)(C)C)CC1. The van der Waals surface area contributed by atoms with Crippen LogP contribution in [0.5, 0.6) is 0 Å². The van der Waals surface area contributed by atoms with Crippen molar-refractivity contribution < 1.29 is 14.3 Å². The molecule has 1 aliphatic rings. The Morgan fingerprint density at radius 3 is 2.48 bits per heavy atom. The highest BCUT2D eigenvalue weighted by Crippen LogP contribution is 2.15. The molecule has 0 radical (unpaired) electrons. The lowest BCUT2D eigenvalue weighted by molar-refractivity contribution is -0.129. The molecule has 1 saturated heterocycles. The number of likely N-dealkylation sites (tertiary alicyclic amines) is 1. The number of piperidine rings is 1. The molecule has 7 heteroatoms. The molecule has 0 atom stereocenters. The Morgan fingerprint density at radius 2 is 1.91 bits per heavy atom. The Bertz CT molecular complexity index is 391. The number of carbonyl (C=O) groups is 2. The number of nitrogens with zero attached hydrogens (tertiary/aromatic N) is 2. The van der Waals surface area contributed by atoms with Crippen LogP contribution in [0.4, 0.5) is 4.79 Å². The fourth-order valence-electron chi connectivity index (χ4n) is 2.39. The normalized spacial score (nSPS) is 16.9. The van der Waals surface area contributed by atoms with E-state index in [1.165, 1.54) is 0 Å². The first-order valence-electron chi connectivity index (χ1n) is 8.18. The third-order valence-corrected chi connectivity index (χ3v) is 4.71. The van der Waals surface area contributed by atoms with Gasteiger partial charge in [0.15, 0.2) is 0 Å². The lowest BCUT2D eigenvalue weighted by atomic mass is 10.0. The molecular weight excluding hydrogens is 314 g/mol. The van der Waals surface area contributed by atoms with Crippen molar-refractivity contribution in [2.75, 3.05) is 45.2 Å². The lowest BCUT2D eigenvalue weighted by Gasteiger charge is -2.35.